The molecule has 1 saturated carbocycles. The highest BCUT2D eigenvalue weighted by Crippen LogP contribution is 2.47. The standard InChI is InChI=1S/C22H26N2O5/c1-13-10-15(13)18-8-6-14(29-18)7-9-21(25)23-17-12-20(28-5)19(27-4)11-16(17)22(26)24(2)3/h6-9,11-13,15H,10H2,1-5H3,(H,23,25)/b9-7+. The number of carbonyl (C=O) groups excluding carboxylic acids is 2. The molecule has 1 aliphatic rings. The van der Waals surface area contributed by atoms with Gasteiger partial charge in [0.15, 0.2) is 11.5 Å². The summed E-state index contributed by atoms with van der Waals surface area (Å²) in [5.74, 6) is 2.88. The summed E-state index contributed by atoms with van der Waals surface area (Å²) >= 11 is 0. The Morgan fingerprint density at radius 1 is 1.17 bits per heavy atom. The second-order valence-corrected chi connectivity index (χ2v) is 7.33. The van der Waals surface area contributed by atoms with E-state index >= 15 is 0 Å². The summed E-state index contributed by atoms with van der Waals surface area (Å²) in [5.41, 5.74) is 0.639. The zero-order chi connectivity index (χ0) is 21.1. The molecule has 2 amide bonds. The Bertz CT molecular complexity index is 945. The third-order valence-corrected chi connectivity index (χ3v) is 4.94. The largest absolute Gasteiger partial charge is 0.493 e. The van der Waals surface area contributed by atoms with Gasteiger partial charge in [-0.15, -0.1) is 0 Å². The quantitative estimate of drug-likeness (QED) is 0.718. The van der Waals surface area contributed by atoms with Crippen LogP contribution < -0.4 is 14.8 Å². The van der Waals surface area contributed by atoms with Gasteiger partial charge in [0.25, 0.3) is 5.91 Å². The fourth-order valence-electron chi connectivity index (χ4n) is 3.11. The first kappa shape index (κ1) is 20.5. The van der Waals surface area contributed by atoms with Crippen LogP contribution in [0.2, 0.25) is 0 Å². The van der Waals surface area contributed by atoms with Crippen molar-refractivity contribution in [3.05, 3.63) is 47.4 Å². The van der Waals surface area contributed by atoms with Crippen molar-refractivity contribution in [2.24, 2.45) is 5.92 Å². The molecule has 29 heavy (non-hydrogen) atoms. The minimum atomic E-state index is -0.386. The molecule has 0 saturated heterocycles. The monoisotopic (exact) mass is 398 g/mol. The number of furan rings is 1. The van der Waals surface area contributed by atoms with Gasteiger partial charge in [0, 0.05) is 32.2 Å². The number of nitrogens with zero attached hydrogens (tertiary/aromatic N) is 1. The molecule has 1 aromatic carbocycles. The Balaban J connectivity index is 1.79. The van der Waals surface area contributed by atoms with Crippen molar-refractivity contribution in [2.45, 2.75) is 19.3 Å². The maximum atomic E-state index is 12.5. The van der Waals surface area contributed by atoms with Gasteiger partial charge in [0.1, 0.15) is 11.5 Å². The molecule has 2 atom stereocenters. The van der Waals surface area contributed by atoms with E-state index in [2.05, 4.69) is 12.2 Å². The number of anilines is 1. The van der Waals surface area contributed by atoms with E-state index in [1.165, 1.54) is 25.2 Å². The van der Waals surface area contributed by atoms with Gasteiger partial charge in [-0.05, 0) is 36.6 Å². The van der Waals surface area contributed by atoms with Crippen LogP contribution in [0.3, 0.4) is 0 Å². The van der Waals surface area contributed by atoms with Gasteiger partial charge >= 0.3 is 0 Å². The average molecular weight is 398 g/mol. The zero-order valence-electron chi connectivity index (χ0n) is 17.3. The van der Waals surface area contributed by atoms with Gasteiger partial charge < -0.3 is 24.1 Å². The van der Waals surface area contributed by atoms with Crippen LogP contribution >= 0.6 is 0 Å². The van der Waals surface area contributed by atoms with Gasteiger partial charge in [-0.3, -0.25) is 9.59 Å². The lowest BCUT2D eigenvalue weighted by Crippen LogP contribution is -2.24. The predicted octanol–water partition coefficient (Wildman–Crippen LogP) is 3.77. The number of methoxy groups -OCH3 is 2. The van der Waals surface area contributed by atoms with Crippen molar-refractivity contribution >= 4 is 23.6 Å². The summed E-state index contributed by atoms with van der Waals surface area (Å²) in [7, 11) is 6.26. The molecule has 1 N–H and O–H groups in total. The van der Waals surface area contributed by atoms with Crippen molar-refractivity contribution in [1.29, 1.82) is 0 Å². The van der Waals surface area contributed by atoms with Crippen LogP contribution in [0.4, 0.5) is 5.69 Å². The maximum Gasteiger partial charge on any atom is 0.255 e. The smallest absolute Gasteiger partial charge is 0.255 e. The van der Waals surface area contributed by atoms with Crippen molar-refractivity contribution in [1.82, 2.24) is 4.90 Å². The minimum Gasteiger partial charge on any atom is -0.493 e. The first-order valence-corrected chi connectivity index (χ1v) is 9.40. The minimum absolute atomic E-state index is 0.264. The van der Waals surface area contributed by atoms with Crippen LogP contribution in [0.15, 0.2) is 34.8 Å². The summed E-state index contributed by atoms with van der Waals surface area (Å²) in [6, 6.07) is 6.92. The molecule has 2 aromatic rings. The number of benzene rings is 1. The van der Waals surface area contributed by atoms with Crippen molar-refractivity contribution in [3.8, 4) is 11.5 Å². The van der Waals surface area contributed by atoms with E-state index in [0.29, 0.717) is 40.3 Å². The molecule has 7 nitrogen and oxygen atoms in total. The molecule has 1 aliphatic carbocycles. The van der Waals surface area contributed by atoms with E-state index in [9.17, 15) is 9.59 Å². The summed E-state index contributed by atoms with van der Waals surface area (Å²) in [4.78, 5) is 26.4. The van der Waals surface area contributed by atoms with Gasteiger partial charge in [-0.2, -0.15) is 0 Å². The molecule has 0 spiro atoms. The third kappa shape index (κ3) is 4.62. The molecular weight excluding hydrogens is 372 g/mol. The van der Waals surface area contributed by atoms with E-state index in [4.69, 9.17) is 13.9 Å². The fraction of sp³-hybridized carbons (Fsp3) is 0.364. The molecule has 0 bridgehead atoms. The molecule has 0 radical (unpaired) electrons. The number of hydrogen-bond acceptors (Lipinski definition) is 5. The van der Waals surface area contributed by atoms with Crippen molar-refractivity contribution in [3.63, 3.8) is 0 Å². The van der Waals surface area contributed by atoms with E-state index in [-0.39, 0.29) is 11.8 Å². The molecule has 0 aliphatic heterocycles. The molecule has 3 rings (SSSR count). The number of nitrogens with one attached hydrogen (secondary N) is 1. The Labute approximate surface area is 170 Å². The molecule has 1 fully saturated rings. The highest BCUT2D eigenvalue weighted by Gasteiger charge is 2.36. The number of hydrogen-bond donors (Lipinski definition) is 1. The van der Waals surface area contributed by atoms with E-state index in [0.717, 1.165) is 12.2 Å². The Morgan fingerprint density at radius 2 is 1.83 bits per heavy atom. The van der Waals surface area contributed by atoms with Gasteiger partial charge in [0.2, 0.25) is 5.91 Å². The van der Waals surface area contributed by atoms with Crippen LogP contribution in [-0.2, 0) is 4.79 Å². The van der Waals surface area contributed by atoms with E-state index < -0.39 is 0 Å². The van der Waals surface area contributed by atoms with Gasteiger partial charge in [0.05, 0.1) is 25.5 Å². The Hall–Kier alpha value is -3.22. The Kier molecular flexibility index (Phi) is 5.96. The lowest BCUT2D eigenvalue weighted by molar-refractivity contribution is -0.111. The normalized spacial score (nSPS) is 17.8. The fourth-order valence-corrected chi connectivity index (χ4v) is 3.11. The summed E-state index contributed by atoms with van der Waals surface area (Å²) in [5, 5.41) is 2.74. The molecule has 7 heteroatoms. The summed E-state index contributed by atoms with van der Waals surface area (Å²) < 4.78 is 16.3. The summed E-state index contributed by atoms with van der Waals surface area (Å²) in [6.07, 6.45) is 4.12. The summed E-state index contributed by atoms with van der Waals surface area (Å²) in [6.45, 7) is 2.19. The number of ether oxygens (including phenoxy) is 2. The number of carbonyl (C=O) groups is 2. The van der Waals surface area contributed by atoms with Gasteiger partial charge in [-0.25, -0.2) is 0 Å². The van der Waals surface area contributed by atoms with Crippen LogP contribution in [0.25, 0.3) is 6.08 Å². The molecule has 2 unspecified atom stereocenters. The van der Waals surface area contributed by atoms with Crippen LogP contribution in [0, 0.1) is 5.92 Å². The molecule has 1 aromatic heterocycles. The lowest BCUT2D eigenvalue weighted by Gasteiger charge is -2.17. The van der Waals surface area contributed by atoms with Crippen LogP contribution in [-0.4, -0.2) is 45.0 Å². The molecule has 1 heterocycles. The predicted molar refractivity (Wildman–Crippen MR) is 110 cm³/mol. The zero-order valence-corrected chi connectivity index (χ0v) is 17.3. The van der Waals surface area contributed by atoms with E-state index in [1.807, 2.05) is 12.1 Å². The van der Waals surface area contributed by atoms with Crippen molar-refractivity contribution < 1.29 is 23.5 Å². The molecule has 154 valence electrons. The number of amides is 2. The van der Waals surface area contributed by atoms with Crippen LogP contribution in [0.5, 0.6) is 11.5 Å². The van der Waals surface area contributed by atoms with E-state index in [1.54, 1.807) is 32.3 Å². The second kappa shape index (κ2) is 8.43. The van der Waals surface area contributed by atoms with Gasteiger partial charge in [-0.1, -0.05) is 6.92 Å². The van der Waals surface area contributed by atoms with Crippen LogP contribution in [0.1, 0.15) is 41.1 Å². The molecular formula is C22H26N2O5. The first-order chi connectivity index (χ1) is 13.8. The third-order valence-electron chi connectivity index (χ3n) is 4.94. The second-order valence-electron chi connectivity index (χ2n) is 7.33. The maximum absolute atomic E-state index is 12.5. The highest BCUT2D eigenvalue weighted by atomic mass is 16.5. The highest BCUT2D eigenvalue weighted by molar-refractivity contribution is 6.08. The Morgan fingerprint density at radius 3 is 2.41 bits per heavy atom. The SMILES string of the molecule is COc1cc(NC(=O)/C=C/c2ccc(C3CC3C)o2)c(C(=O)N(C)C)cc1OC. The lowest BCUT2D eigenvalue weighted by atomic mass is 10.1. The average Bonchev–Trinajstić information content (AvgIpc) is 3.24. The first-order valence-electron chi connectivity index (χ1n) is 9.40. The van der Waals surface area contributed by atoms with Crippen molar-refractivity contribution in [2.75, 3.05) is 33.6 Å². The topological polar surface area (TPSA) is 81.0 Å². The number of rotatable bonds is 7.